The fraction of sp³-hybridized carbons (Fsp3) is 0.214. The third-order valence-corrected chi connectivity index (χ3v) is 5.55. The monoisotopic (exact) mass is 455 g/mol. The zero-order valence-electron chi connectivity index (χ0n) is 19.3. The molecule has 0 atom stereocenters. The fourth-order valence-electron chi connectivity index (χ4n) is 3.76. The van der Waals surface area contributed by atoms with Crippen LogP contribution >= 0.6 is 0 Å². The number of nitrogens with zero attached hydrogens (tertiary/aromatic N) is 2. The summed E-state index contributed by atoms with van der Waals surface area (Å²) < 4.78 is 13.1. The molecule has 0 radical (unpaired) electrons. The lowest BCUT2D eigenvalue weighted by Crippen LogP contribution is -2.22. The molecule has 0 fully saturated rings. The summed E-state index contributed by atoms with van der Waals surface area (Å²) in [6, 6.07) is 21.7. The van der Waals surface area contributed by atoms with Gasteiger partial charge < -0.3 is 19.4 Å². The van der Waals surface area contributed by atoms with E-state index in [1.165, 1.54) is 7.11 Å². The lowest BCUT2D eigenvalue weighted by Gasteiger charge is -2.13. The van der Waals surface area contributed by atoms with Gasteiger partial charge in [0, 0.05) is 30.9 Å². The highest BCUT2D eigenvalue weighted by Gasteiger charge is 2.07. The fourth-order valence-corrected chi connectivity index (χ4v) is 3.76. The zero-order valence-corrected chi connectivity index (χ0v) is 19.3. The molecule has 0 unspecified atom stereocenters. The topological polar surface area (TPSA) is 65.4 Å². The molecule has 0 aliphatic rings. The van der Waals surface area contributed by atoms with E-state index in [4.69, 9.17) is 9.47 Å². The first-order valence-corrected chi connectivity index (χ1v) is 11.4. The second-order valence-electron chi connectivity index (χ2n) is 8.01. The van der Waals surface area contributed by atoms with Crippen LogP contribution in [0.15, 0.2) is 91.0 Å². The SMILES string of the molecule is COC(=O)c1ccc(C=C(CNCCCn2ccnc2)COc2cccc3ccccc23)cc1. The third kappa shape index (κ3) is 6.33. The molecule has 6 nitrogen and oxygen atoms in total. The minimum atomic E-state index is -0.338. The van der Waals surface area contributed by atoms with E-state index in [2.05, 4.69) is 39.1 Å². The second kappa shape index (κ2) is 11.8. The summed E-state index contributed by atoms with van der Waals surface area (Å²) in [6.07, 6.45) is 8.71. The minimum Gasteiger partial charge on any atom is -0.489 e. The Hall–Kier alpha value is -3.90. The number of hydrogen-bond donors (Lipinski definition) is 1. The van der Waals surface area contributed by atoms with Crippen LogP contribution in [0.1, 0.15) is 22.3 Å². The molecule has 0 bridgehead atoms. The maximum atomic E-state index is 11.7. The lowest BCUT2D eigenvalue weighted by atomic mass is 10.1. The molecule has 3 aromatic carbocycles. The number of carbonyl (C=O) groups excluding carboxylic acids is 1. The van der Waals surface area contributed by atoms with Crippen molar-refractivity contribution in [3.8, 4) is 5.75 Å². The van der Waals surface area contributed by atoms with Crippen molar-refractivity contribution in [3.05, 3.63) is 102 Å². The first kappa shape index (κ1) is 23.3. The van der Waals surface area contributed by atoms with Gasteiger partial charge in [-0.1, -0.05) is 54.6 Å². The van der Waals surface area contributed by atoms with Crippen LogP contribution in [-0.2, 0) is 11.3 Å². The first-order valence-electron chi connectivity index (χ1n) is 11.4. The summed E-state index contributed by atoms with van der Waals surface area (Å²) in [7, 11) is 1.39. The number of rotatable bonds is 11. The molecule has 0 spiro atoms. The molecular weight excluding hydrogens is 426 g/mol. The van der Waals surface area contributed by atoms with Gasteiger partial charge in [-0.25, -0.2) is 9.78 Å². The molecule has 0 aliphatic heterocycles. The Morgan fingerprint density at radius 1 is 1.06 bits per heavy atom. The molecule has 1 N–H and O–H groups in total. The van der Waals surface area contributed by atoms with Crippen LogP contribution in [0, 0.1) is 0 Å². The zero-order chi connectivity index (χ0) is 23.6. The van der Waals surface area contributed by atoms with Crippen LogP contribution in [0.4, 0.5) is 0 Å². The van der Waals surface area contributed by atoms with Crippen molar-refractivity contribution in [2.24, 2.45) is 0 Å². The number of esters is 1. The van der Waals surface area contributed by atoms with Crippen LogP contribution in [-0.4, -0.2) is 42.3 Å². The van der Waals surface area contributed by atoms with Crippen molar-refractivity contribution < 1.29 is 14.3 Å². The predicted molar refractivity (Wildman–Crippen MR) is 135 cm³/mol. The van der Waals surface area contributed by atoms with Gasteiger partial charge >= 0.3 is 5.97 Å². The van der Waals surface area contributed by atoms with Crippen LogP contribution in [0.25, 0.3) is 16.8 Å². The Morgan fingerprint density at radius 3 is 2.68 bits per heavy atom. The number of imidazole rings is 1. The summed E-state index contributed by atoms with van der Waals surface area (Å²) in [5.41, 5.74) is 2.65. The van der Waals surface area contributed by atoms with Crippen molar-refractivity contribution in [2.75, 3.05) is 26.8 Å². The van der Waals surface area contributed by atoms with Gasteiger partial charge in [0.15, 0.2) is 0 Å². The predicted octanol–water partition coefficient (Wildman–Crippen LogP) is 4.97. The van der Waals surface area contributed by atoms with E-state index >= 15 is 0 Å². The van der Waals surface area contributed by atoms with Crippen molar-refractivity contribution in [1.29, 1.82) is 0 Å². The van der Waals surface area contributed by atoms with Gasteiger partial charge in [-0.05, 0) is 47.7 Å². The molecule has 0 saturated carbocycles. The molecular formula is C28H29N3O3. The maximum absolute atomic E-state index is 11.7. The molecule has 1 aromatic heterocycles. The van der Waals surface area contributed by atoms with Gasteiger partial charge in [0.2, 0.25) is 0 Å². The Labute approximate surface area is 199 Å². The molecule has 0 amide bonds. The normalized spacial score (nSPS) is 11.5. The third-order valence-electron chi connectivity index (χ3n) is 5.55. The van der Waals surface area contributed by atoms with Gasteiger partial charge in [0.25, 0.3) is 0 Å². The summed E-state index contributed by atoms with van der Waals surface area (Å²) >= 11 is 0. The standard InChI is InChI=1S/C28H29N3O3/c1-33-28(32)25-12-10-22(11-13-25)18-23(19-29-14-5-16-31-17-15-30-21-31)20-34-27-9-4-7-24-6-2-3-8-26(24)27/h2-4,6-13,15,17-18,21,29H,5,14,16,19-20H2,1H3. The van der Waals surface area contributed by atoms with E-state index in [0.717, 1.165) is 47.2 Å². The number of hydrogen-bond acceptors (Lipinski definition) is 5. The smallest absolute Gasteiger partial charge is 0.337 e. The Kier molecular flexibility index (Phi) is 8.08. The van der Waals surface area contributed by atoms with E-state index < -0.39 is 0 Å². The number of ether oxygens (including phenoxy) is 2. The molecule has 34 heavy (non-hydrogen) atoms. The van der Waals surface area contributed by atoms with E-state index in [0.29, 0.717) is 18.7 Å². The summed E-state index contributed by atoms with van der Waals surface area (Å²) in [5, 5.41) is 5.78. The largest absolute Gasteiger partial charge is 0.489 e. The number of fused-ring (bicyclic) bond motifs is 1. The van der Waals surface area contributed by atoms with Crippen molar-refractivity contribution in [1.82, 2.24) is 14.9 Å². The van der Waals surface area contributed by atoms with E-state index in [1.54, 1.807) is 18.3 Å². The Balaban J connectivity index is 1.43. The van der Waals surface area contributed by atoms with Gasteiger partial charge in [-0.15, -0.1) is 0 Å². The Bertz CT molecular complexity index is 1230. The molecule has 0 aliphatic carbocycles. The van der Waals surface area contributed by atoms with E-state index in [1.807, 2.05) is 48.9 Å². The van der Waals surface area contributed by atoms with E-state index in [9.17, 15) is 4.79 Å². The summed E-state index contributed by atoms with van der Waals surface area (Å²) in [4.78, 5) is 15.8. The van der Waals surface area contributed by atoms with Crippen molar-refractivity contribution in [3.63, 3.8) is 0 Å². The highest BCUT2D eigenvalue weighted by Crippen LogP contribution is 2.25. The number of methoxy groups -OCH3 is 1. The van der Waals surface area contributed by atoms with Gasteiger partial charge in [-0.3, -0.25) is 0 Å². The Morgan fingerprint density at radius 2 is 1.88 bits per heavy atom. The summed E-state index contributed by atoms with van der Waals surface area (Å²) in [5.74, 6) is 0.528. The quantitative estimate of drug-likeness (QED) is 0.256. The van der Waals surface area contributed by atoms with Crippen LogP contribution < -0.4 is 10.1 Å². The average molecular weight is 456 g/mol. The number of aryl methyl sites for hydroxylation is 1. The maximum Gasteiger partial charge on any atom is 0.337 e. The molecule has 0 saturated heterocycles. The molecule has 6 heteroatoms. The average Bonchev–Trinajstić information content (AvgIpc) is 3.40. The number of nitrogens with one attached hydrogen (secondary N) is 1. The van der Waals surface area contributed by atoms with Crippen molar-refractivity contribution in [2.45, 2.75) is 13.0 Å². The number of carbonyl (C=O) groups is 1. The van der Waals surface area contributed by atoms with E-state index in [-0.39, 0.29) is 5.97 Å². The molecule has 4 aromatic rings. The first-order chi connectivity index (χ1) is 16.7. The molecule has 174 valence electrons. The van der Waals surface area contributed by atoms with Crippen LogP contribution in [0.3, 0.4) is 0 Å². The van der Waals surface area contributed by atoms with Gasteiger partial charge in [-0.2, -0.15) is 0 Å². The highest BCUT2D eigenvalue weighted by molar-refractivity contribution is 5.89. The lowest BCUT2D eigenvalue weighted by molar-refractivity contribution is 0.0600. The highest BCUT2D eigenvalue weighted by atomic mass is 16.5. The van der Waals surface area contributed by atoms with Crippen LogP contribution in [0.2, 0.25) is 0 Å². The minimum absolute atomic E-state index is 0.338. The van der Waals surface area contributed by atoms with Gasteiger partial charge in [0.05, 0.1) is 19.0 Å². The summed E-state index contributed by atoms with van der Waals surface area (Å²) in [6.45, 7) is 2.97. The molecule has 4 rings (SSSR count). The molecule has 1 heterocycles. The number of benzene rings is 3. The second-order valence-corrected chi connectivity index (χ2v) is 8.01. The van der Waals surface area contributed by atoms with Crippen molar-refractivity contribution >= 4 is 22.8 Å². The van der Waals surface area contributed by atoms with Crippen LogP contribution in [0.5, 0.6) is 5.75 Å². The van der Waals surface area contributed by atoms with Gasteiger partial charge in [0.1, 0.15) is 12.4 Å². The number of aromatic nitrogens is 2.